The highest BCUT2D eigenvalue weighted by Gasteiger charge is 2.17. The second-order valence-corrected chi connectivity index (χ2v) is 5.10. The highest BCUT2D eigenvalue weighted by atomic mass is 19.1. The average Bonchev–Trinajstić information content (AvgIpc) is 2.60. The molecular formula is C16H18FN3O5. The Morgan fingerprint density at radius 2 is 1.96 bits per heavy atom. The zero-order valence-corrected chi connectivity index (χ0v) is 13.7. The van der Waals surface area contributed by atoms with Crippen LogP contribution in [-0.2, 0) is 16.0 Å². The first kappa shape index (κ1) is 18.6. The summed E-state index contributed by atoms with van der Waals surface area (Å²) < 4.78 is 24.4. The van der Waals surface area contributed by atoms with Crippen molar-refractivity contribution in [2.24, 2.45) is 0 Å². The number of carbonyl (C=O) groups is 1. The fourth-order valence-corrected chi connectivity index (χ4v) is 2.15. The number of hydrogen-bond donors (Lipinski definition) is 2. The molecule has 9 heteroatoms. The summed E-state index contributed by atoms with van der Waals surface area (Å²) in [6.45, 7) is -0.279. The first-order valence-electron chi connectivity index (χ1n) is 7.37. The normalized spacial score (nSPS) is 10.9. The number of H-pyrrole nitrogens is 1. The molecule has 1 heterocycles. The van der Waals surface area contributed by atoms with E-state index >= 15 is 0 Å². The minimum atomic E-state index is -0.823. The molecule has 0 saturated carbocycles. The van der Waals surface area contributed by atoms with Crippen LogP contribution in [0, 0.1) is 5.82 Å². The Bertz CT molecular complexity index is 857. The fraction of sp³-hybridized carbons (Fsp3) is 0.312. The molecule has 2 N–H and O–H groups in total. The van der Waals surface area contributed by atoms with Crippen molar-refractivity contribution in [1.82, 2.24) is 14.9 Å². The SMILES string of the molecule is COC(CNC(=O)c1c[nH]c(=O)n(Cc2ccccc2F)c1=O)OC. The second kappa shape index (κ2) is 8.36. The van der Waals surface area contributed by atoms with Crippen LogP contribution in [0.4, 0.5) is 4.39 Å². The Hall–Kier alpha value is -2.78. The lowest BCUT2D eigenvalue weighted by molar-refractivity contribution is -0.0974. The van der Waals surface area contributed by atoms with E-state index in [-0.39, 0.29) is 24.2 Å². The van der Waals surface area contributed by atoms with Gasteiger partial charge in [-0.25, -0.2) is 9.18 Å². The molecule has 0 bridgehead atoms. The summed E-state index contributed by atoms with van der Waals surface area (Å²) >= 11 is 0. The lowest BCUT2D eigenvalue weighted by Gasteiger charge is -2.14. The van der Waals surface area contributed by atoms with Crippen molar-refractivity contribution in [2.45, 2.75) is 12.8 Å². The van der Waals surface area contributed by atoms with E-state index in [0.29, 0.717) is 0 Å². The molecule has 1 amide bonds. The minimum absolute atomic E-state index is 0.0116. The van der Waals surface area contributed by atoms with Crippen molar-refractivity contribution in [1.29, 1.82) is 0 Å². The van der Waals surface area contributed by atoms with Crippen molar-refractivity contribution in [2.75, 3.05) is 20.8 Å². The van der Waals surface area contributed by atoms with Crippen LogP contribution in [0.15, 0.2) is 40.1 Å². The summed E-state index contributed by atoms with van der Waals surface area (Å²) in [6.07, 6.45) is 0.347. The number of amides is 1. The molecule has 2 rings (SSSR count). The lowest BCUT2D eigenvalue weighted by atomic mass is 10.2. The smallest absolute Gasteiger partial charge is 0.328 e. The Morgan fingerprint density at radius 3 is 2.60 bits per heavy atom. The predicted molar refractivity (Wildman–Crippen MR) is 87.0 cm³/mol. The average molecular weight is 351 g/mol. The monoisotopic (exact) mass is 351 g/mol. The zero-order chi connectivity index (χ0) is 18.4. The third-order valence-electron chi connectivity index (χ3n) is 3.55. The Labute approximate surface area is 142 Å². The summed E-state index contributed by atoms with van der Waals surface area (Å²) in [5.74, 6) is -1.26. The first-order chi connectivity index (χ1) is 12.0. The summed E-state index contributed by atoms with van der Waals surface area (Å²) in [6, 6.07) is 5.76. The van der Waals surface area contributed by atoms with Crippen molar-refractivity contribution in [3.63, 3.8) is 0 Å². The molecule has 134 valence electrons. The van der Waals surface area contributed by atoms with Gasteiger partial charge in [-0.3, -0.25) is 14.2 Å². The Morgan fingerprint density at radius 1 is 1.28 bits per heavy atom. The van der Waals surface area contributed by atoms with Gasteiger partial charge >= 0.3 is 5.69 Å². The standard InChI is InChI=1S/C16H18FN3O5/c1-24-13(25-2)8-18-14(21)11-7-19-16(23)20(15(11)22)9-10-5-3-4-6-12(10)17/h3-7,13H,8-9H2,1-2H3,(H,18,21)(H,19,23). The first-order valence-corrected chi connectivity index (χ1v) is 7.37. The van der Waals surface area contributed by atoms with Crippen LogP contribution >= 0.6 is 0 Å². The molecule has 0 aliphatic heterocycles. The maximum absolute atomic E-state index is 13.8. The zero-order valence-electron chi connectivity index (χ0n) is 13.7. The van der Waals surface area contributed by atoms with Gasteiger partial charge in [-0.2, -0.15) is 0 Å². The maximum Gasteiger partial charge on any atom is 0.328 e. The molecule has 1 aromatic heterocycles. The van der Waals surface area contributed by atoms with E-state index in [1.807, 2.05) is 0 Å². The number of ether oxygens (including phenoxy) is 2. The van der Waals surface area contributed by atoms with Gasteiger partial charge in [0.15, 0.2) is 6.29 Å². The van der Waals surface area contributed by atoms with Crippen LogP contribution in [-0.4, -0.2) is 42.5 Å². The topological polar surface area (TPSA) is 102 Å². The summed E-state index contributed by atoms with van der Waals surface area (Å²) in [5, 5.41) is 2.47. The highest BCUT2D eigenvalue weighted by molar-refractivity contribution is 5.93. The molecule has 0 aliphatic rings. The molecule has 0 saturated heterocycles. The maximum atomic E-state index is 13.8. The quantitative estimate of drug-likeness (QED) is 0.688. The van der Waals surface area contributed by atoms with Crippen LogP contribution in [0.25, 0.3) is 0 Å². The third-order valence-corrected chi connectivity index (χ3v) is 3.55. The number of nitrogens with zero attached hydrogens (tertiary/aromatic N) is 1. The summed E-state index contributed by atoms with van der Waals surface area (Å²) in [7, 11) is 2.81. The van der Waals surface area contributed by atoms with Crippen molar-refractivity contribution in [3.05, 3.63) is 68.2 Å². The number of methoxy groups -OCH3 is 2. The van der Waals surface area contributed by atoms with Crippen molar-refractivity contribution >= 4 is 5.91 Å². The van der Waals surface area contributed by atoms with Gasteiger partial charge in [0, 0.05) is 26.0 Å². The fourth-order valence-electron chi connectivity index (χ4n) is 2.15. The van der Waals surface area contributed by atoms with Gasteiger partial charge in [0.1, 0.15) is 11.4 Å². The molecule has 0 atom stereocenters. The molecule has 25 heavy (non-hydrogen) atoms. The van der Waals surface area contributed by atoms with Gasteiger partial charge in [-0.15, -0.1) is 0 Å². The minimum Gasteiger partial charge on any atom is -0.354 e. The van der Waals surface area contributed by atoms with Gasteiger partial charge in [-0.05, 0) is 6.07 Å². The Kier molecular flexibility index (Phi) is 6.20. The van der Waals surface area contributed by atoms with Crippen molar-refractivity contribution in [3.8, 4) is 0 Å². The van der Waals surface area contributed by atoms with E-state index < -0.39 is 29.3 Å². The van der Waals surface area contributed by atoms with E-state index in [2.05, 4.69) is 10.3 Å². The number of aromatic nitrogens is 2. The number of aromatic amines is 1. The Balaban J connectivity index is 2.28. The van der Waals surface area contributed by atoms with Crippen LogP contribution < -0.4 is 16.6 Å². The van der Waals surface area contributed by atoms with Crippen LogP contribution in [0.5, 0.6) is 0 Å². The molecule has 2 aromatic rings. The van der Waals surface area contributed by atoms with Crippen LogP contribution in [0.2, 0.25) is 0 Å². The largest absolute Gasteiger partial charge is 0.354 e. The van der Waals surface area contributed by atoms with Gasteiger partial charge in [0.2, 0.25) is 0 Å². The molecule has 0 radical (unpaired) electrons. The highest BCUT2D eigenvalue weighted by Crippen LogP contribution is 2.06. The molecule has 0 spiro atoms. The number of hydrogen-bond acceptors (Lipinski definition) is 5. The predicted octanol–water partition coefficient (Wildman–Crippen LogP) is 0.0727. The van der Waals surface area contributed by atoms with E-state index in [1.165, 1.54) is 32.4 Å². The molecule has 8 nitrogen and oxygen atoms in total. The van der Waals surface area contributed by atoms with Crippen LogP contribution in [0.3, 0.4) is 0 Å². The summed E-state index contributed by atoms with van der Waals surface area (Å²) in [4.78, 5) is 38.8. The van der Waals surface area contributed by atoms with E-state index in [9.17, 15) is 18.8 Å². The van der Waals surface area contributed by atoms with Gasteiger partial charge < -0.3 is 19.8 Å². The van der Waals surface area contributed by atoms with E-state index in [0.717, 1.165) is 10.8 Å². The number of carbonyl (C=O) groups excluding carboxylic acids is 1. The number of nitrogens with one attached hydrogen (secondary N) is 2. The lowest BCUT2D eigenvalue weighted by Crippen LogP contribution is -2.42. The molecule has 0 fully saturated rings. The number of benzene rings is 1. The van der Waals surface area contributed by atoms with Gasteiger partial charge in [0.25, 0.3) is 11.5 Å². The molecule has 1 aromatic carbocycles. The van der Waals surface area contributed by atoms with Gasteiger partial charge in [-0.1, -0.05) is 18.2 Å². The van der Waals surface area contributed by atoms with E-state index in [4.69, 9.17) is 9.47 Å². The van der Waals surface area contributed by atoms with Crippen LogP contribution in [0.1, 0.15) is 15.9 Å². The van der Waals surface area contributed by atoms with Crippen molar-refractivity contribution < 1.29 is 18.7 Å². The molecule has 0 unspecified atom stereocenters. The van der Waals surface area contributed by atoms with Gasteiger partial charge in [0.05, 0.1) is 13.1 Å². The molecule has 0 aliphatic carbocycles. The number of halogens is 1. The summed E-state index contributed by atoms with van der Waals surface area (Å²) in [5.41, 5.74) is -1.68. The molecular weight excluding hydrogens is 333 g/mol. The third kappa shape index (κ3) is 4.40. The number of rotatable bonds is 7. The second-order valence-electron chi connectivity index (χ2n) is 5.10. The van der Waals surface area contributed by atoms with E-state index in [1.54, 1.807) is 6.07 Å².